The topological polar surface area (TPSA) is 33.2 Å². The van der Waals surface area contributed by atoms with Gasteiger partial charge in [-0.2, -0.15) is 0 Å². The highest BCUT2D eigenvalue weighted by Crippen LogP contribution is 2.32. The Morgan fingerprint density at radius 3 is 2.46 bits per heavy atom. The van der Waals surface area contributed by atoms with Crippen molar-refractivity contribution in [3.8, 4) is 0 Å². The van der Waals surface area contributed by atoms with Gasteiger partial charge >= 0.3 is 0 Å². The average Bonchev–Trinajstić information content (AvgIpc) is 2.74. The smallest absolute Gasteiger partial charge is 0.226 e. The summed E-state index contributed by atoms with van der Waals surface area (Å²) in [5.74, 6) is 0.553. The number of pyridine rings is 1. The second kappa shape index (κ2) is 8.82. The van der Waals surface area contributed by atoms with Crippen LogP contribution < -0.4 is 0 Å². The number of nitrogens with zero attached hydrogens (tertiary/aromatic N) is 2. The van der Waals surface area contributed by atoms with E-state index in [0.29, 0.717) is 23.6 Å². The van der Waals surface area contributed by atoms with Crippen LogP contribution in [0.3, 0.4) is 0 Å². The lowest BCUT2D eigenvalue weighted by Crippen LogP contribution is -2.44. The van der Waals surface area contributed by atoms with Crippen LogP contribution in [0, 0.1) is 12.8 Å². The van der Waals surface area contributed by atoms with Gasteiger partial charge in [-0.25, -0.2) is 4.98 Å². The Hall–Kier alpha value is -1.61. The molecule has 1 aromatic carbocycles. The first-order valence-corrected chi connectivity index (χ1v) is 11.4. The van der Waals surface area contributed by atoms with Crippen LogP contribution in [0.2, 0.25) is 5.15 Å². The summed E-state index contributed by atoms with van der Waals surface area (Å²) in [7, 11) is 0. The Balaban J connectivity index is 1.63. The van der Waals surface area contributed by atoms with Crippen LogP contribution in [0.5, 0.6) is 0 Å². The third kappa shape index (κ3) is 4.20. The minimum absolute atomic E-state index is 0.199. The minimum Gasteiger partial charge on any atom is -0.335 e. The Morgan fingerprint density at radius 1 is 1.07 bits per heavy atom. The molecule has 2 aliphatic carbocycles. The number of hydrogen-bond acceptors (Lipinski definition) is 2. The summed E-state index contributed by atoms with van der Waals surface area (Å²) in [4.78, 5) is 20.3. The first-order chi connectivity index (χ1) is 13.6. The molecule has 3 nitrogen and oxygen atoms in total. The van der Waals surface area contributed by atoms with E-state index in [1.165, 1.54) is 38.5 Å². The van der Waals surface area contributed by atoms with Crippen molar-refractivity contribution in [1.82, 2.24) is 9.88 Å². The van der Waals surface area contributed by atoms with Crippen molar-refractivity contribution in [2.24, 2.45) is 5.92 Å². The number of benzene rings is 1. The van der Waals surface area contributed by atoms with Crippen molar-refractivity contribution in [3.05, 3.63) is 40.5 Å². The normalized spacial score (nSPS) is 19.1. The molecule has 150 valence electrons. The monoisotopic (exact) mass is 398 g/mol. The van der Waals surface area contributed by atoms with E-state index in [1.54, 1.807) is 0 Å². The van der Waals surface area contributed by atoms with Crippen LogP contribution in [-0.4, -0.2) is 21.8 Å². The molecule has 0 bridgehead atoms. The molecule has 1 amide bonds. The van der Waals surface area contributed by atoms with Gasteiger partial charge in [0.15, 0.2) is 0 Å². The molecule has 28 heavy (non-hydrogen) atoms. The molecule has 4 heteroatoms. The first kappa shape index (κ1) is 19.7. The van der Waals surface area contributed by atoms with Crippen LogP contribution >= 0.6 is 11.6 Å². The Morgan fingerprint density at radius 2 is 1.75 bits per heavy atom. The summed E-state index contributed by atoms with van der Waals surface area (Å²) in [6.07, 6.45) is 11.7. The van der Waals surface area contributed by atoms with Crippen molar-refractivity contribution < 1.29 is 4.79 Å². The van der Waals surface area contributed by atoms with Gasteiger partial charge < -0.3 is 4.90 Å². The molecule has 1 heterocycles. The molecule has 2 aliphatic rings. The summed E-state index contributed by atoms with van der Waals surface area (Å²) in [5, 5.41) is 1.65. The van der Waals surface area contributed by atoms with Gasteiger partial charge in [0.1, 0.15) is 5.15 Å². The molecule has 2 aromatic rings. The van der Waals surface area contributed by atoms with E-state index < -0.39 is 0 Å². The number of carbonyl (C=O) groups is 1. The highest BCUT2D eigenvalue weighted by molar-refractivity contribution is 6.30. The molecule has 0 N–H and O–H groups in total. The quantitative estimate of drug-likeness (QED) is 0.555. The van der Waals surface area contributed by atoms with Crippen LogP contribution in [0.4, 0.5) is 0 Å². The first-order valence-electron chi connectivity index (χ1n) is 11.0. The molecule has 2 saturated carbocycles. The van der Waals surface area contributed by atoms with Crippen molar-refractivity contribution in [2.75, 3.05) is 0 Å². The molecule has 0 unspecified atom stereocenters. The maximum atomic E-state index is 13.5. The van der Waals surface area contributed by atoms with Gasteiger partial charge in [-0.15, -0.1) is 0 Å². The number of rotatable bonds is 4. The van der Waals surface area contributed by atoms with Crippen molar-refractivity contribution >= 4 is 28.4 Å². The number of aromatic nitrogens is 1. The fraction of sp³-hybridized carbons (Fsp3) is 0.583. The average molecular weight is 399 g/mol. The Kier molecular flexibility index (Phi) is 6.20. The summed E-state index contributed by atoms with van der Waals surface area (Å²) >= 11 is 6.60. The predicted molar refractivity (Wildman–Crippen MR) is 115 cm³/mol. The van der Waals surface area contributed by atoms with Crippen LogP contribution in [0.1, 0.15) is 75.3 Å². The highest BCUT2D eigenvalue weighted by Gasteiger charge is 2.32. The van der Waals surface area contributed by atoms with E-state index in [1.807, 2.05) is 0 Å². The highest BCUT2D eigenvalue weighted by atomic mass is 35.5. The van der Waals surface area contributed by atoms with E-state index in [-0.39, 0.29) is 5.92 Å². The predicted octanol–water partition coefficient (Wildman–Crippen LogP) is 6.44. The second-order valence-corrected chi connectivity index (χ2v) is 9.04. The fourth-order valence-electron chi connectivity index (χ4n) is 5.03. The van der Waals surface area contributed by atoms with Gasteiger partial charge in [0.25, 0.3) is 0 Å². The zero-order chi connectivity index (χ0) is 19.5. The number of halogens is 1. The van der Waals surface area contributed by atoms with Gasteiger partial charge in [-0.1, -0.05) is 68.3 Å². The third-order valence-corrected chi connectivity index (χ3v) is 6.99. The molecule has 0 radical (unpaired) electrons. The van der Waals surface area contributed by atoms with Gasteiger partial charge in [-0.05, 0) is 44.2 Å². The van der Waals surface area contributed by atoms with Crippen LogP contribution in [-0.2, 0) is 11.3 Å². The molecular weight excluding hydrogens is 368 g/mol. The van der Waals surface area contributed by atoms with Gasteiger partial charge in [0.2, 0.25) is 5.91 Å². The zero-order valence-electron chi connectivity index (χ0n) is 16.9. The van der Waals surface area contributed by atoms with Gasteiger partial charge in [0, 0.05) is 29.5 Å². The summed E-state index contributed by atoms with van der Waals surface area (Å²) in [5.41, 5.74) is 3.07. The SMILES string of the molecule is Cc1cccc2cc(CN(C(=O)C3CCCCC3)C3CCCCC3)c(Cl)nc12. The van der Waals surface area contributed by atoms with E-state index in [2.05, 4.69) is 41.1 Å². The lowest BCUT2D eigenvalue weighted by Gasteiger charge is -2.37. The Bertz CT molecular complexity index is 838. The van der Waals surface area contributed by atoms with Crippen molar-refractivity contribution in [1.29, 1.82) is 0 Å². The molecule has 0 atom stereocenters. The summed E-state index contributed by atoms with van der Waals surface area (Å²) < 4.78 is 0. The zero-order valence-corrected chi connectivity index (χ0v) is 17.7. The molecular formula is C24H31ClN2O. The van der Waals surface area contributed by atoms with Crippen LogP contribution in [0.15, 0.2) is 24.3 Å². The molecule has 1 aromatic heterocycles. The van der Waals surface area contributed by atoms with Crippen molar-refractivity contribution in [2.45, 2.75) is 83.7 Å². The summed E-state index contributed by atoms with van der Waals surface area (Å²) in [6.45, 7) is 2.65. The van der Waals surface area contributed by atoms with E-state index in [4.69, 9.17) is 11.6 Å². The molecule has 4 rings (SSSR count). The maximum Gasteiger partial charge on any atom is 0.226 e. The minimum atomic E-state index is 0.199. The number of amides is 1. The van der Waals surface area contributed by atoms with Crippen molar-refractivity contribution in [3.63, 3.8) is 0 Å². The number of fused-ring (bicyclic) bond motifs is 1. The number of carbonyl (C=O) groups excluding carboxylic acids is 1. The van der Waals surface area contributed by atoms with E-state index in [0.717, 1.165) is 47.7 Å². The maximum absolute atomic E-state index is 13.5. The second-order valence-electron chi connectivity index (χ2n) is 8.68. The lowest BCUT2D eigenvalue weighted by atomic mass is 9.86. The van der Waals surface area contributed by atoms with E-state index in [9.17, 15) is 4.79 Å². The van der Waals surface area contributed by atoms with E-state index >= 15 is 0 Å². The third-order valence-electron chi connectivity index (χ3n) is 6.67. The molecule has 0 spiro atoms. The van der Waals surface area contributed by atoms with Gasteiger partial charge in [-0.3, -0.25) is 4.79 Å². The standard InChI is InChI=1S/C24H31ClN2O/c1-17-9-8-12-19-15-20(23(25)26-22(17)19)16-27(21-13-6-3-7-14-21)24(28)18-10-4-2-5-11-18/h8-9,12,15,18,21H,2-7,10-11,13-14,16H2,1H3. The lowest BCUT2D eigenvalue weighted by molar-refractivity contribution is -0.140. The number of para-hydroxylation sites is 1. The number of hydrogen-bond donors (Lipinski definition) is 0. The molecule has 2 fully saturated rings. The fourth-order valence-corrected chi connectivity index (χ4v) is 5.23. The van der Waals surface area contributed by atoms with Gasteiger partial charge in [0.05, 0.1) is 5.52 Å². The summed E-state index contributed by atoms with van der Waals surface area (Å²) in [6, 6.07) is 8.70. The Labute approximate surface area is 173 Å². The molecule has 0 saturated heterocycles. The largest absolute Gasteiger partial charge is 0.335 e. The molecule has 0 aliphatic heterocycles. The number of aryl methyl sites for hydroxylation is 1. The van der Waals surface area contributed by atoms with Crippen LogP contribution in [0.25, 0.3) is 10.9 Å².